The first-order valence-corrected chi connectivity index (χ1v) is 8.36. The third-order valence-corrected chi connectivity index (χ3v) is 4.26. The van der Waals surface area contributed by atoms with Crippen molar-refractivity contribution in [3.05, 3.63) is 41.1 Å². The minimum Gasteiger partial charge on any atom is -0.494 e. The van der Waals surface area contributed by atoms with E-state index in [1.165, 1.54) is 0 Å². The van der Waals surface area contributed by atoms with Crippen LogP contribution in [-0.4, -0.2) is 36.7 Å². The number of nitrogens with zero attached hydrogens (tertiary/aromatic N) is 1. The second-order valence-electron chi connectivity index (χ2n) is 5.83. The number of nitrogens with one attached hydrogen (secondary N) is 1. The molecule has 6 heteroatoms. The maximum atomic E-state index is 12.5. The van der Waals surface area contributed by atoms with Gasteiger partial charge >= 0.3 is 12.0 Å². The second-order valence-corrected chi connectivity index (χ2v) is 5.83. The number of cyclic esters (lactones) is 1. The second kappa shape index (κ2) is 6.95. The Bertz CT molecular complexity index is 666. The fourth-order valence-electron chi connectivity index (χ4n) is 3.04. The quantitative estimate of drug-likeness (QED) is 0.815. The van der Waals surface area contributed by atoms with Gasteiger partial charge in [0.15, 0.2) is 0 Å². The zero-order chi connectivity index (χ0) is 17.1. The van der Waals surface area contributed by atoms with E-state index >= 15 is 0 Å². The van der Waals surface area contributed by atoms with Gasteiger partial charge in [0, 0.05) is 6.54 Å². The molecular formula is C18H22N2O4. The number of hydrogen-bond acceptors (Lipinski definition) is 4. The van der Waals surface area contributed by atoms with Gasteiger partial charge in [-0.15, -0.1) is 0 Å². The molecule has 0 saturated heterocycles. The predicted octanol–water partition coefficient (Wildman–Crippen LogP) is 2.76. The molecule has 0 bridgehead atoms. The lowest BCUT2D eigenvalue weighted by Gasteiger charge is -2.32. The van der Waals surface area contributed by atoms with Crippen molar-refractivity contribution in [1.82, 2.24) is 10.2 Å². The lowest BCUT2D eigenvalue weighted by Crippen LogP contribution is -2.47. The zero-order valence-electron chi connectivity index (χ0n) is 14.0. The first kappa shape index (κ1) is 16.4. The van der Waals surface area contributed by atoms with E-state index in [1.807, 2.05) is 31.2 Å². The molecule has 0 spiro atoms. The van der Waals surface area contributed by atoms with Crippen molar-refractivity contribution in [3.8, 4) is 5.75 Å². The molecular weight excluding hydrogens is 308 g/mol. The summed E-state index contributed by atoms with van der Waals surface area (Å²) in [6.07, 6.45) is 1.86. The van der Waals surface area contributed by atoms with Crippen LogP contribution in [0.25, 0.3) is 0 Å². The molecule has 0 aliphatic carbocycles. The molecule has 1 N–H and O–H groups in total. The maximum Gasteiger partial charge on any atom is 0.338 e. The first-order chi connectivity index (χ1) is 11.7. The number of ether oxygens (including phenoxy) is 2. The van der Waals surface area contributed by atoms with E-state index in [4.69, 9.17) is 9.47 Å². The topological polar surface area (TPSA) is 67.9 Å². The number of carbonyl (C=O) groups is 2. The number of carbonyl (C=O) groups excluding carboxylic acids is 2. The molecule has 24 heavy (non-hydrogen) atoms. The third-order valence-electron chi connectivity index (χ3n) is 4.26. The summed E-state index contributed by atoms with van der Waals surface area (Å²) in [5.41, 5.74) is 2.07. The molecule has 0 aromatic heterocycles. The Labute approximate surface area is 141 Å². The van der Waals surface area contributed by atoms with Gasteiger partial charge in [0.2, 0.25) is 0 Å². The summed E-state index contributed by atoms with van der Waals surface area (Å²) in [5, 5.41) is 2.93. The predicted molar refractivity (Wildman–Crippen MR) is 88.5 cm³/mol. The molecule has 2 amide bonds. The Morgan fingerprint density at radius 2 is 2.00 bits per heavy atom. The van der Waals surface area contributed by atoms with Crippen LogP contribution in [0.1, 0.15) is 38.3 Å². The fraction of sp³-hybridized carbons (Fsp3) is 0.444. The summed E-state index contributed by atoms with van der Waals surface area (Å²) < 4.78 is 10.6. The summed E-state index contributed by atoms with van der Waals surface area (Å²) in [7, 11) is 0. The van der Waals surface area contributed by atoms with Crippen LogP contribution in [0, 0.1) is 0 Å². The van der Waals surface area contributed by atoms with E-state index in [9.17, 15) is 9.59 Å². The maximum absolute atomic E-state index is 12.5. The van der Waals surface area contributed by atoms with Crippen molar-refractivity contribution in [3.63, 3.8) is 0 Å². The molecule has 0 saturated carbocycles. The van der Waals surface area contributed by atoms with Gasteiger partial charge in [-0.2, -0.15) is 0 Å². The number of benzene rings is 1. The Kier molecular flexibility index (Phi) is 4.74. The highest BCUT2D eigenvalue weighted by molar-refractivity contribution is 5.97. The highest BCUT2D eigenvalue weighted by atomic mass is 16.5. The monoisotopic (exact) mass is 330 g/mol. The smallest absolute Gasteiger partial charge is 0.338 e. The van der Waals surface area contributed by atoms with Crippen LogP contribution in [0.15, 0.2) is 35.5 Å². The van der Waals surface area contributed by atoms with Crippen LogP contribution >= 0.6 is 0 Å². The average Bonchev–Trinajstić information content (AvgIpc) is 2.96. The molecule has 1 aromatic carbocycles. The molecule has 2 heterocycles. The summed E-state index contributed by atoms with van der Waals surface area (Å²) in [6.45, 7) is 5.34. The van der Waals surface area contributed by atoms with E-state index in [1.54, 1.807) is 4.90 Å². The van der Waals surface area contributed by atoms with Crippen molar-refractivity contribution < 1.29 is 19.1 Å². The summed E-state index contributed by atoms with van der Waals surface area (Å²) in [5.74, 6) is 0.404. The summed E-state index contributed by atoms with van der Waals surface area (Å²) in [4.78, 5) is 26.3. The summed E-state index contributed by atoms with van der Waals surface area (Å²) >= 11 is 0. The van der Waals surface area contributed by atoms with Gasteiger partial charge in [-0.1, -0.05) is 25.5 Å². The van der Waals surface area contributed by atoms with E-state index < -0.39 is 6.04 Å². The number of hydrogen-bond donors (Lipinski definition) is 1. The van der Waals surface area contributed by atoms with Crippen LogP contribution in [0.3, 0.4) is 0 Å². The first-order valence-electron chi connectivity index (χ1n) is 8.36. The van der Waals surface area contributed by atoms with Crippen LogP contribution in [0.2, 0.25) is 0 Å². The molecule has 0 radical (unpaired) electrons. The van der Waals surface area contributed by atoms with Crippen LogP contribution < -0.4 is 10.1 Å². The number of rotatable bonds is 6. The van der Waals surface area contributed by atoms with Crippen molar-refractivity contribution in [1.29, 1.82) is 0 Å². The number of amides is 2. The van der Waals surface area contributed by atoms with Crippen LogP contribution in [0.5, 0.6) is 5.75 Å². The van der Waals surface area contributed by atoms with Crippen LogP contribution in [-0.2, 0) is 9.53 Å². The molecule has 2 aliphatic heterocycles. The van der Waals surface area contributed by atoms with Crippen LogP contribution in [0.4, 0.5) is 4.79 Å². The van der Waals surface area contributed by atoms with Crippen molar-refractivity contribution in [2.45, 2.75) is 32.7 Å². The number of esters is 1. The highest BCUT2D eigenvalue weighted by Crippen LogP contribution is 2.35. The standard InChI is InChI=1S/C18H22N2O4/c1-3-5-10-20-14-11-24-17(21)15(14)16(19-18(20)22)12-6-8-13(9-7-12)23-4-2/h6-9,16H,3-5,10-11H2,1-2H3,(H,19,22)/t16-/m1/s1. The Balaban J connectivity index is 1.92. The van der Waals surface area contributed by atoms with Crippen molar-refractivity contribution in [2.24, 2.45) is 0 Å². The zero-order valence-corrected chi connectivity index (χ0v) is 14.0. The van der Waals surface area contributed by atoms with E-state index in [0.717, 1.165) is 24.2 Å². The molecule has 0 unspecified atom stereocenters. The lowest BCUT2D eigenvalue weighted by atomic mass is 9.95. The van der Waals surface area contributed by atoms with E-state index in [-0.39, 0.29) is 18.6 Å². The normalized spacial score (nSPS) is 19.9. The highest BCUT2D eigenvalue weighted by Gasteiger charge is 2.41. The number of urea groups is 1. The summed E-state index contributed by atoms with van der Waals surface area (Å²) in [6, 6.07) is 6.77. The lowest BCUT2D eigenvalue weighted by molar-refractivity contribution is -0.136. The fourth-order valence-corrected chi connectivity index (χ4v) is 3.04. The van der Waals surface area contributed by atoms with Crippen molar-refractivity contribution in [2.75, 3.05) is 19.8 Å². The van der Waals surface area contributed by atoms with Gasteiger partial charge < -0.3 is 14.8 Å². The molecule has 3 rings (SSSR count). The molecule has 0 fully saturated rings. The Hall–Kier alpha value is -2.50. The minimum atomic E-state index is -0.476. The number of unbranched alkanes of at least 4 members (excludes halogenated alkanes) is 1. The van der Waals surface area contributed by atoms with Gasteiger partial charge in [0.1, 0.15) is 12.4 Å². The molecule has 2 aliphatic rings. The van der Waals surface area contributed by atoms with E-state index in [2.05, 4.69) is 12.2 Å². The third kappa shape index (κ3) is 2.96. The van der Waals surface area contributed by atoms with Gasteiger partial charge in [0.05, 0.1) is 23.9 Å². The molecule has 128 valence electrons. The van der Waals surface area contributed by atoms with Crippen molar-refractivity contribution >= 4 is 12.0 Å². The largest absolute Gasteiger partial charge is 0.494 e. The molecule has 1 aromatic rings. The Morgan fingerprint density at radius 3 is 2.67 bits per heavy atom. The van der Waals surface area contributed by atoms with E-state index in [0.29, 0.717) is 24.4 Å². The van der Waals surface area contributed by atoms with Gasteiger partial charge in [0.25, 0.3) is 0 Å². The molecule has 6 nitrogen and oxygen atoms in total. The average molecular weight is 330 g/mol. The minimum absolute atomic E-state index is 0.166. The Morgan fingerprint density at radius 1 is 1.25 bits per heavy atom. The van der Waals surface area contributed by atoms with Gasteiger partial charge in [-0.3, -0.25) is 4.90 Å². The SMILES string of the molecule is CCCCN1C(=O)N[C@H](c2ccc(OCC)cc2)C2=C1COC2=O. The van der Waals surface area contributed by atoms with Gasteiger partial charge in [-0.25, -0.2) is 9.59 Å². The molecule has 1 atom stereocenters. The van der Waals surface area contributed by atoms with Gasteiger partial charge in [-0.05, 0) is 31.0 Å².